The molecule has 2 fully saturated rings. The normalized spacial score (nSPS) is 34.2. The van der Waals surface area contributed by atoms with Gasteiger partial charge in [0.25, 0.3) is 0 Å². The highest BCUT2D eigenvalue weighted by Gasteiger charge is 2.48. The third kappa shape index (κ3) is 5.09. The smallest absolute Gasteiger partial charge is 0.169 e. The van der Waals surface area contributed by atoms with E-state index in [9.17, 15) is 9.59 Å². The van der Waals surface area contributed by atoms with E-state index in [1.807, 2.05) is 20.8 Å². The maximum absolute atomic E-state index is 11.5. The number of hydrogen-bond donors (Lipinski definition) is 0. The Kier molecular flexibility index (Phi) is 6.36. The number of ether oxygens (including phenoxy) is 4. The zero-order valence-electron chi connectivity index (χ0n) is 16.3. The number of carbonyl (C=O) groups is 2. The predicted molar refractivity (Wildman–Crippen MR) is 90.1 cm³/mol. The molecule has 2 rings (SSSR count). The van der Waals surface area contributed by atoms with Crippen LogP contribution in [0.1, 0.15) is 54.4 Å². The van der Waals surface area contributed by atoms with Gasteiger partial charge >= 0.3 is 0 Å². The Balaban J connectivity index is 0.000000240. The van der Waals surface area contributed by atoms with Crippen molar-refractivity contribution in [2.75, 3.05) is 27.4 Å². The number of Topliss-reactive ketones (excluding diaryl/α,β-unsaturated/α-hetero) is 2. The first kappa shape index (κ1) is 21.2. The van der Waals surface area contributed by atoms with Gasteiger partial charge in [0.15, 0.2) is 11.6 Å². The summed E-state index contributed by atoms with van der Waals surface area (Å²) >= 11 is 0. The minimum Gasteiger partial charge on any atom is -0.382 e. The largest absolute Gasteiger partial charge is 0.382 e. The van der Waals surface area contributed by atoms with Crippen molar-refractivity contribution in [3.63, 3.8) is 0 Å². The molecule has 0 aromatic heterocycles. The fourth-order valence-corrected chi connectivity index (χ4v) is 3.31. The molecule has 0 spiro atoms. The van der Waals surface area contributed by atoms with Gasteiger partial charge in [-0.1, -0.05) is 0 Å². The molecule has 0 amide bonds. The van der Waals surface area contributed by atoms with E-state index in [1.165, 1.54) is 0 Å². The second kappa shape index (κ2) is 7.20. The topological polar surface area (TPSA) is 71.1 Å². The predicted octanol–water partition coefficient (Wildman–Crippen LogP) is 2.32. The lowest BCUT2D eigenvalue weighted by molar-refractivity contribution is -0.143. The molecule has 0 saturated carbocycles. The first-order chi connectivity index (χ1) is 10.8. The van der Waals surface area contributed by atoms with E-state index >= 15 is 0 Å². The van der Waals surface area contributed by atoms with Gasteiger partial charge in [-0.25, -0.2) is 0 Å². The summed E-state index contributed by atoms with van der Waals surface area (Å²) in [6, 6.07) is 0. The van der Waals surface area contributed by atoms with Gasteiger partial charge in [-0.2, -0.15) is 0 Å². The quantitative estimate of drug-likeness (QED) is 0.779. The van der Waals surface area contributed by atoms with Crippen molar-refractivity contribution < 1.29 is 28.5 Å². The van der Waals surface area contributed by atoms with Gasteiger partial charge in [0.1, 0.15) is 11.2 Å². The number of ketones is 2. The van der Waals surface area contributed by atoms with E-state index in [0.717, 1.165) is 0 Å². The van der Waals surface area contributed by atoms with Gasteiger partial charge in [0.05, 0.1) is 24.4 Å². The van der Waals surface area contributed by atoms with Crippen LogP contribution in [0.4, 0.5) is 0 Å². The lowest BCUT2D eigenvalue weighted by atomic mass is 9.98. The second-order valence-corrected chi connectivity index (χ2v) is 8.22. The summed E-state index contributed by atoms with van der Waals surface area (Å²) in [5, 5.41) is 0. The Morgan fingerprint density at radius 2 is 1.38 bits per heavy atom. The van der Waals surface area contributed by atoms with E-state index in [2.05, 4.69) is 0 Å². The van der Waals surface area contributed by atoms with Crippen molar-refractivity contribution in [2.24, 2.45) is 0 Å². The molecule has 0 bridgehead atoms. The summed E-state index contributed by atoms with van der Waals surface area (Å²) in [5.41, 5.74) is -2.11. The highest BCUT2D eigenvalue weighted by Crippen LogP contribution is 2.35. The average molecular weight is 344 g/mol. The van der Waals surface area contributed by atoms with Crippen LogP contribution in [0.3, 0.4) is 0 Å². The second-order valence-electron chi connectivity index (χ2n) is 8.22. The molecular formula is C18H32O6. The van der Waals surface area contributed by atoms with Gasteiger partial charge in [0, 0.05) is 27.1 Å². The molecule has 140 valence electrons. The van der Waals surface area contributed by atoms with Crippen molar-refractivity contribution in [1.29, 1.82) is 0 Å². The maximum Gasteiger partial charge on any atom is 0.169 e. The summed E-state index contributed by atoms with van der Waals surface area (Å²) in [5.74, 6) is 0.288. The summed E-state index contributed by atoms with van der Waals surface area (Å²) in [6.07, 6.45) is 0.931. The molecule has 0 aromatic carbocycles. The van der Waals surface area contributed by atoms with E-state index in [4.69, 9.17) is 18.9 Å². The maximum atomic E-state index is 11.5. The Morgan fingerprint density at radius 3 is 1.71 bits per heavy atom. The van der Waals surface area contributed by atoms with Crippen LogP contribution in [0.2, 0.25) is 0 Å². The Morgan fingerprint density at radius 1 is 0.833 bits per heavy atom. The fraction of sp³-hybridized carbons (Fsp3) is 0.889. The number of methoxy groups -OCH3 is 2. The number of hydrogen-bond acceptors (Lipinski definition) is 6. The third-order valence-electron chi connectivity index (χ3n) is 4.25. The molecule has 6 heteroatoms. The first-order valence-corrected chi connectivity index (χ1v) is 8.24. The van der Waals surface area contributed by atoms with Crippen LogP contribution in [0.25, 0.3) is 0 Å². The Hall–Kier alpha value is -0.820. The summed E-state index contributed by atoms with van der Waals surface area (Å²) in [7, 11) is 3.19. The monoisotopic (exact) mass is 344 g/mol. The molecule has 0 aromatic rings. The van der Waals surface area contributed by atoms with Crippen molar-refractivity contribution in [1.82, 2.24) is 0 Å². The molecule has 0 aliphatic carbocycles. The summed E-state index contributed by atoms with van der Waals surface area (Å²) in [6.45, 7) is 12.0. The lowest BCUT2D eigenvalue weighted by Gasteiger charge is -2.25. The molecule has 0 N–H and O–H groups in total. The lowest BCUT2D eigenvalue weighted by Crippen LogP contribution is -2.38. The Bertz CT molecular complexity index is 484. The molecule has 2 atom stereocenters. The molecule has 2 aliphatic rings. The van der Waals surface area contributed by atoms with Crippen LogP contribution in [0, 0.1) is 0 Å². The van der Waals surface area contributed by atoms with Crippen molar-refractivity contribution >= 4 is 11.6 Å². The molecule has 6 nitrogen and oxygen atoms in total. The van der Waals surface area contributed by atoms with Gasteiger partial charge in [0.2, 0.25) is 0 Å². The van der Waals surface area contributed by atoms with E-state index in [0.29, 0.717) is 26.1 Å². The average Bonchev–Trinajstić information content (AvgIpc) is 2.69. The zero-order valence-corrected chi connectivity index (χ0v) is 16.3. The molecule has 24 heavy (non-hydrogen) atoms. The van der Waals surface area contributed by atoms with Crippen LogP contribution < -0.4 is 0 Å². The molecular weight excluding hydrogens is 312 g/mol. The van der Waals surface area contributed by atoms with Crippen LogP contribution >= 0.6 is 0 Å². The van der Waals surface area contributed by atoms with E-state index in [1.54, 1.807) is 35.0 Å². The molecule has 2 aliphatic heterocycles. The molecule has 2 heterocycles. The molecule has 0 radical (unpaired) electrons. The standard InChI is InChI=1S/2C9H16O3/c1-8(2)7(10)5-9(3,12-8)6-11-4;1-8(2)5-7(10)9(3,12-8)6-11-4/h2*5-6H2,1-4H3. The van der Waals surface area contributed by atoms with Crippen LogP contribution in [0.15, 0.2) is 0 Å². The Labute approximate surface area is 145 Å². The fourth-order valence-electron chi connectivity index (χ4n) is 3.31. The highest BCUT2D eigenvalue weighted by molar-refractivity contribution is 5.90. The number of carbonyl (C=O) groups excluding carboxylic acids is 2. The first-order valence-electron chi connectivity index (χ1n) is 8.24. The molecule has 2 unspecified atom stereocenters. The van der Waals surface area contributed by atoms with Crippen LogP contribution in [0.5, 0.6) is 0 Å². The third-order valence-corrected chi connectivity index (χ3v) is 4.25. The van der Waals surface area contributed by atoms with Gasteiger partial charge < -0.3 is 18.9 Å². The van der Waals surface area contributed by atoms with E-state index < -0.39 is 16.8 Å². The highest BCUT2D eigenvalue weighted by atomic mass is 16.6. The van der Waals surface area contributed by atoms with Gasteiger partial charge in [-0.05, 0) is 41.5 Å². The number of rotatable bonds is 4. The summed E-state index contributed by atoms with van der Waals surface area (Å²) < 4.78 is 21.2. The van der Waals surface area contributed by atoms with E-state index in [-0.39, 0.29) is 17.2 Å². The van der Waals surface area contributed by atoms with Crippen molar-refractivity contribution in [2.45, 2.75) is 76.8 Å². The van der Waals surface area contributed by atoms with Gasteiger partial charge in [-0.15, -0.1) is 0 Å². The van der Waals surface area contributed by atoms with Gasteiger partial charge in [-0.3, -0.25) is 9.59 Å². The zero-order chi connectivity index (χ0) is 18.8. The SMILES string of the molecule is COCC1(C)CC(=O)C(C)(C)O1.COCC1(C)OC(C)(C)CC1=O. The van der Waals surface area contributed by atoms with Crippen LogP contribution in [-0.4, -0.2) is 61.4 Å². The molecule has 2 saturated heterocycles. The minimum absolute atomic E-state index is 0.134. The van der Waals surface area contributed by atoms with Crippen molar-refractivity contribution in [3.8, 4) is 0 Å². The van der Waals surface area contributed by atoms with Crippen molar-refractivity contribution in [3.05, 3.63) is 0 Å². The summed E-state index contributed by atoms with van der Waals surface area (Å²) in [4.78, 5) is 22.9. The van der Waals surface area contributed by atoms with Crippen LogP contribution in [-0.2, 0) is 28.5 Å². The minimum atomic E-state index is -0.724.